The Bertz CT molecular complexity index is 368. The Kier molecular flexibility index (Phi) is 1.40. The van der Waals surface area contributed by atoms with Gasteiger partial charge in [0.05, 0.1) is 0 Å². The summed E-state index contributed by atoms with van der Waals surface area (Å²) in [5.41, 5.74) is 2.70. The second kappa shape index (κ2) is 2.25. The van der Waals surface area contributed by atoms with Gasteiger partial charge in [-0.3, -0.25) is 0 Å². The molecule has 4 rings (SSSR count). The molecule has 0 aromatic carbocycles. The number of nitrogens with one attached hydrogen (secondary N) is 1. The zero-order valence-electron chi connectivity index (χ0n) is 11.2. The van der Waals surface area contributed by atoms with E-state index in [2.05, 4.69) is 33.1 Å². The lowest BCUT2D eigenvalue weighted by molar-refractivity contribution is -0.0581. The van der Waals surface area contributed by atoms with Crippen LogP contribution in [0.3, 0.4) is 0 Å². The zero-order chi connectivity index (χ0) is 11.4. The summed E-state index contributed by atoms with van der Waals surface area (Å²) in [6.45, 7) is 7.70. The van der Waals surface area contributed by atoms with Crippen molar-refractivity contribution in [2.24, 2.45) is 27.6 Å². The van der Waals surface area contributed by atoms with Crippen molar-refractivity contribution in [2.45, 2.75) is 58.9 Å². The molecule has 4 saturated carbocycles. The molecule has 0 amide bonds. The first kappa shape index (κ1) is 9.94. The Morgan fingerprint density at radius 3 is 2.06 bits per heavy atom. The SMILES string of the molecule is CNC1C2(CCC2)[C@@H]2C(C)(C)C23CC[C@@]13C. The molecule has 16 heavy (non-hydrogen) atoms. The minimum atomic E-state index is 0.621. The van der Waals surface area contributed by atoms with Crippen LogP contribution in [-0.2, 0) is 0 Å². The number of rotatable bonds is 1. The molecule has 0 aliphatic heterocycles. The summed E-state index contributed by atoms with van der Waals surface area (Å²) >= 11 is 0. The highest BCUT2D eigenvalue weighted by atomic mass is 15.1. The van der Waals surface area contributed by atoms with E-state index in [1.54, 1.807) is 0 Å². The monoisotopic (exact) mass is 219 g/mol. The van der Waals surface area contributed by atoms with E-state index < -0.39 is 0 Å². The van der Waals surface area contributed by atoms with Gasteiger partial charge >= 0.3 is 0 Å². The van der Waals surface area contributed by atoms with Crippen LogP contribution in [0.5, 0.6) is 0 Å². The average Bonchev–Trinajstić information content (AvgIpc) is 2.64. The Morgan fingerprint density at radius 2 is 1.69 bits per heavy atom. The molecule has 0 aromatic heterocycles. The van der Waals surface area contributed by atoms with Gasteiger partial charge in [0.25, 0.3) is 0 Å². The Morgan fingerprint density at radius 1 is 1.00 bits per heavy atom. The maximum atomic E-state index is 3.72. The summed E-state index contributed by atoms with van der Waals surface area (Å²) in [6, 6.07) is 0.820. The lowest BCUT2D eigenvalue weighted by Gasteiger charge is -2.58. The molecule has 2 spiro atoms. The molecule has 2 unspecified atom stereocenters. The molecule has 0 saturated heterocycles. The Labute approximate surface area is 99.4 Å². The van der Waals surface area contributed by atoms with Gasteiger partial charge in [-0.1, -0.05) is 27.2 Å². The minimum Gasteiger partial charge on any atom is -0.316 e. The van der Waals surface area contributed by atoms with E-state index in [1.165, 1.54) is 32.1 Å². The van der Waals surface area contributed by atoms with Crippen molar-refractivity contribution in [3.8, 4) is 0 Å². The van der Waals surface area contributed by atoms with Crippen LogP contribution in [0, 0.1) is 27.6 Å². The first-order valence-electron chi connectivity index (χ1n) is 7.15. The largest absolute Gasteiger partial charge is 0.316 e. The Hall–Kier alpha value is -0.0400. The van der Waals surface area contributed by atoms with E-state index in [1.807, 2.05) is 0 Å². The summed E-state index contributed by atoms with van der Waals surface area (Å²) < 4.78 is 0. The van der Waals surface area contributed by atoms with Crippen LogP contribution in [0.1, 0.15) is 52.9 Å². The van der Waals surface area contributed by atoms with Crippen LogP contribution in [0.25, 0.3) is 0 Å². The second-order valence-electron chi connectivity index (χ2n) is 7.85. The molecular weight excluding hydrogens is 194 g/mol. The quantitative estimate of drug-likeness (QED) is 0.714. The number of fused-ring (bicyclic) bond motifs is 1. The van der Waals surface area contributed by atoms with E-state index >= 15 is 0 Å². The van der Waals surface area contributed by atoms with Gasteiger partial charge in [-0.15, -0.1) is 0 Å². The zero-order valence-corrected chi connectivity index (χ0v) is 11.2. The highest BCUT2D eigenvalue weighted by Crippen LogP contribution is 2.96. The highest BCUT2D eigenvalue weighted by Gasteiger charge is 2.92. The lowest BCUT2D eigenvalue weighted by atomic mass is 9.50. The second-order valence-corrected chi connectivity index (χ2v) is 7.85. The molecule has 0 aromatic rings. The predicted octanol–water partition coefficient (Wildman–Crippen LogP) is 3.20. The normalized spacial score (nSPS) is 58.5. The van der Waals surface area contributed by atoms with Crippen molar-refractivity contribution in [3.63, 3.8) is 0 Å². The molecule has 1 heteroatoms. The summed E-state index contributed by atoms with van der Waals surface area (Å²) in [7, 11) is 2.21. The van der Waals surface area contributed by atoms with Crippen molar-refractivity contribution in [1.82, 2.24) is 5.32 Å². The van der Waals surface area contributed by atoms with E-state index in [4.69, 9.17) is 0 Å². The average molecular weight is 219 g/mol. The third-order valence-electron chi connectivity index (χ3n) is 7.70. The fourth-order valence-electron chi connectivity index (χ4n) is 7.35. The van der Waals surface area contributed by atoms with Gasteiger partial charge in [-0.2, -0.15) is 0 Å². The van der Waals surface area contributed by atoms with Gasteiger partial charge < -0.3 is 5.32 Å². The maximum Gasteiger partial charge on any atom is 0.0183 e. The van der Waals surface area contributed by atoms with Crippen molar-refractivity contribution in [1.29, 1.82) is 0 Å². The van der Waals surface area contributed by atoms with Crippen molar-refractivity contribution >= 4 is 0 Å². The van der Waals surface area contributed by atoms with Crippen LogP contribution >= 0.6 is 0 Å². The number of hydrogen-bond acceptors (Lipinski definition) is 1. The van der Waals surface area contributed by atoms with Crippen molar-refractivity contribution in [2.75, 3.05) is 7.05 Å². The molecule has 4 aliphatic carbocycles. The van der Waals surface area contributed by atoms with Gasteiger partial charge in [0.2, 0.25) is 0 Å². The standard InChI is InChI=1S/C15H25N/c1-12(2)10-14(6-5-7-14)11(16-4)13(3)8-9-15(10,12)13/h10-11,16H,5-9H2,1-4H3/t10-,11?,13-,15?/m0/s1. The van der Waals surface area contributed by atoms with Crippen LogP contribution in [0.15, 0.2) is 0 Å². The summed E-state index contributed by atoms with van der Waals surface area (Å²) in [5.74, 6) is 1.04. The van der Waals surface area contributed by atoms with E-state index in [-0.39, 0.29) is 0 Å². The van der Waals surface area contributed by atoms with Gasteiger partial charge in [0, 0.05) is 6.04 Å². The highest BCUT2D eigenvalue weighted by molar-refractivity contribution is 5.41. The molecule has 1 N–H and O–H groups in total. The van der Waals surface area contributed by atoms with E-state index in [9.17, 15) is 0 Å². The fraction of sp³-hybridized carbons (Fsp3) is 1.00. The molecular formula is C15H25N. The summed E-state index contributed by atoms with van der Waals surface area (Å²) in [6.07, 6.45) is 7.48. The third-order valence-corrected chi connectivity index (χ3v) is 7.70. The number of hydrogen-bond donors (Lipinski definition) is 1. The first-order chi connectivity index (χ1) is 7.47. The smallest absolute Gasteiger partial charge is 0.0183 e. The van der Waals surface area contributed by atoms with Crippen LogP contribution < -0.4 is 5.32 Å². The maximum absolute atomic E-state index is 3.72. The van der Waals surface area contributed by atoms with Crippen LogP contribution in [-0.4, -0.2) is 13.1 Å². The van der Waals surface area contributed by atoms with Gasteiger partial charge in [0.15, 0.2) is 0 Å². The molecule has 0 heterocycles. The van der Waals surface area contributed by atoms with Crippen molar-refractivity contribution in [3.05, 3.63) is 0 Å². The predicted molar refractivity (Wildman–Crippen MR) is 66.2 cm³/mol. The molecule has 0 radical (unpaired) electrons. The first-order valence-corrected chi connectivity index (χ1v) is 7.15. The lowest BCUT2D eigenvalue weighted by Crippen LogP contribution is -2.59. The van der Waals surface area contributed by atoms with Crippen LogP contribution in [0.4, 0.5) is 0 Å². The molecule has 4 atom stereocenters. The van der Waals surface area contributed by atoms with Gasteiger partial charge in [-0.25, -0.2) is 0 Å². The Balaban J connectivity index is 1.86. The summed E-state index contributed by atoms with van der Waals surface area (Å²) in [4.78, 5) is 0. The van der Waals surface area contributed by atoms with E-state index in [0.29, 0.717) is 16.2 Å². The molecule has 0 bridgehead atoms. The van der Waals surface area contributed by atoms with Crippen LogP contribution in [0.2, 0.25) is 0 Å². The third kappa shape index (κ3) is 0.592. The fourth-order valence-corrected chi connectivity index (χ4v) is 7.35. The molecule has 4 fully saturated rings. The molecule has 1 nitrogen and oxygen atoms in total. The minimum absolute atomic E-state index is 0.621. The molecule has 90 valence electrons. The molecule has 4 aliphatic rings. The van der Waals surface area contributed by atoms with Gasteiger partial charge in [-0.05, 0) is 60.3 Å². The van der Waals surface area contributed by atoms with E-state index in [0.717, 1.165) is 17.4 Å². The topological polar surface area (TPSA) is 12.0 Å². The van der Waals surface area contributed by atoms with Gasteiger partial charge in [0.1, 0.15) is 0 Å². The summed E-state index contributed by atoms with van der Waals surface area (Å²) in [5, 5.41) is 3.72. The van der Waals surface area contributed by atoms with Crippen molar-refractivity contribution < 1.29 is 0 Å².